The van der Waals surface area contributed by atoms with Crippen LogP contribution < -0.4 is 15.8 Å². The maximum atomic E-state index is 12.2. The first kappa shape index (κ1) is 17.8. The SMILES string of the molecule is CC(C)CCNc1sc(C(=O)C(C)C)c(N)c1OC(C)C. The number of nitrogens with one attached hydrogen (secondary N) is 1. The fourth-order valence-corrected chi connectivity index (χ4v) is 2.99. The number of thiophene rings is 1. The zero-order valence-corrected chi connectivity index (χ0v) is 14.8. The van der Waals surface area contributed by atoms with Gasteiger partial charge in [-0.3, -0.25) is 4.79 Å². The second-order valence-electron chi connectivity index (χ2n) is 6.30. The van der Waals surface area contributed by atoms with Gasteiger partial charge < -0.3 is 15.8 Å². The minimum absolute atomic E-state index is 0.0227. The Morgan fingerprint density at radius 1 is 1.24 bits per heavy atom. The number of hydrogen-bond donors (Lipinski definition) is 2. The molecule has 0 aliphatic heterocycles. The van der Waals surface area contributed by atoms with Crippen molar-refractivity contribution in [2.24, 2.45) is 11.8 Å². The predicted molar refractivity (Wildman–Crippen MR) is 91.6 cm³/mol. The van der Waals surface area contributed by atoms with E-state index >= 15 is 0 Å². The molecule has 1 heterocycles. The van der Waals surface area contributed by atoms with Gasteiger partial charge in [-0.1, -0.05) is 27.7 Å². The van der Waals surface area contributed by atoms with Crippen LogP contribution in [0.1, 0.15) is 57.6 Å². The zero-order valence-electron chi connectivity index (χ0n) is 13.9. The molecule has 0 aliphatic rings. The Labute approximate surface area is 132 Å². The highest BCUT2D eigenvalue weighted by Crippen LogP contribution is 2.44. The van der Waals surface area contributed by atoms with Gasteiger partial charge in [0, 0.05) is 12.5 Å². The number of Topliss-reactive ketones (excluding diaryl/α,β-unsaturated/α-hetero) is 1. The van der Waals surface area contributed by atoms with Crippen molar-refractivity contribution in [3.05, 3.63) is 4.88 Å². The maximum Gasteiger partial charge on any atom is 0.177 e. The molecule has 0 atom stereocenters. The molecule has 21 heavy (non-hydrogen) atoms. The van der Waals surface area contributed by atoms with Crippen LogP contribution in [0.3, 0.4) is 0 Å². The quantitative estimate of drug-likeness (QED) is 0.698. The monoisotopic (exact) mass is 312 g/mol. The van der Waals surface area contributed by atoms with Gasteiger partial charge in [0.15, 0.2) is 11.5 Å². The van der Waals surface area contributed by atoms with Crippen molar-refractivity contribution in [3.8, 4) is 5.75 Å². The Kier molecular flexibility index (Phi) is 6.52. The van der Waals surface area contributed by atoms with Gasteiger partial charge >= 0.3 is 0 Å². The lowest BCUT2D eigenvalue weighted by molar-refractivity contribution is 0.0944. The van der Waals surface area contributed by atoms with Crippen LogP contribution in [-0.4, -0.2) is 18.4 Å². The number of anilines is 2. The molecule has 3 N–H and O–H groups in total. The molecule has 0 radical (unpaired) electrons. The molecule has 0 spiro atoms. The standard InChI is InChI=1S/C16H28N2O2S/c1-9(2)7-8-18-16-14(20-11(5)6)12(17)15(21-16)13(19)10(3)4/h9-11,18H,7-8,17H2,1-6H3. The normalized spacial score (nSPS) is 11.5. The molecule has 1 aromatic rings. The number of nitrogen functional groups attached to an aromatic ring is 1. The highest BCUT2D eigenvalue weighted by Gasteiger charge is 2.24. The topological polar surface area (TPSA) is 64.4 Å². The Bertz CT molecular complexity index is 479. The van der Waals surface area contributed by atoms with Crippen LogP contribution >= 0.6 is 11.3 Å². The summed E-state index contributed by atoms with van der Waals surface area (Å²) in [6.07, 6.45) is 1.08. The van der Waals surface area contributed by atoms with Crippen molar-refractivity contribution < 1.29 is 9.53 Å². The van der Waals surface area contributed by atoms with Crippen molar-refractivity contribution in [1.29, 1.82) is 0 Å². The molecular formula is C16H28N2O2S. The van der Waals surface area contributed by atoms with E-state index in [0.29, 0.717) is 22.2 Å². The van der Waals surface area contributed by atoms with E-state index < -0.39 is 0 Å². The first-order valence-electron chi connectivity index (χ1n) is 7.61. The molecule has 0 bridgehead atoms. The molecule has 0 aliphatic carbocycles. The Hall–Kier alpha value is -1.23. The fourth-order valence-electron chi connectivity index (χ4n) is 1.82. The second kappa shape index (κ2) is 7.69. The summed E-state index contributed by atoms with van der Waals surface area (Å²) in [6.45, 7) is 12.9. The summed E-state index contributed by atoms with van der Waals surface area (Å²) >= 11 is 1.41. The third kappa shape index (κ3) is 4.92. The summed E-state index contributed by atoms with van der Waals surface area (Å²) in [6, 6.07) is 0. The lowest BCUT2D eigenvalue weighted by Gasteiger charge is -2.13. The molecule has 120 valence electrons. The number of ether oxygens (including phenoxy) is 1. The molecule has 0 aromatic carbocycles. The summed E-state index contributed by atoms with van der Waals surface area (Å²) in [4.78, 5) is 12.9. The first-order valence-corrected chi connectivity index (χ1v) is 8.42. The van der Waals surface area contributed by atoms with E-state index in [2.05, 4.69) is 19.2 Å². The van der Waals surface area contributed by atoms with Crippen LogP contribution in [0.15, 0.2) is 0 Å². The Morgan fingerprint density at radius 3 is 2.33 bits per heavy atom. The average Bonchev–Trinajstić information content (AvgIpc) is 2.65. The Morgan fingerprint density at radius 2 is 1.86 bits per heavy atom. The van der Waals surface area contributed by atoms with Gasteiger partial charge in [-0.25, -0.2) is 0 Å². The summed E-state index contributed by atoms with van der Waals surface area (Å²) in [5.41, 5.74) is 6.62. The van der Waals surface area contributed by atoms with E-state index in [0.717, 1.165) is 18.0 Å². The van der Waals surface area contributed by atoms with Crippen LogP contribution in [0.25, 0.3) is 0 Å². The minimum Gasteiger partial charge on any atom is -0.486 e. The number of rotatable bonds is 8. The van der Waals surface area contributed by atoms with Crippen molar-refractivity contribution in [2.45, 2.75) is 54.1 Å². The molecule has 1 rings (SSSR count). The molecule has 0 fully saturated rings. The minimum atomic E-state index is -0.0682. The van der Waals surface area contributed by atoms with Crippen LogP contribution in [0.2, 0.25) is 0 Å². The molecule has 0 unspecified atom stereocenters. The summed E-state index contributed by atoms with van der Waals surface area (Å²) in [5, 5.41) is 4.23. The largest absolute Gasteiger partial charge is 0.486 e. The Balaban J connectivity index is 3.03. The molecule has 0 amide bonds. The van der Waals surface area contributed by atoms with E-state index in [9.17, 15) is 4.79 Å². The van der Waals surface area contributed by atoms with E-state index in [4.69, 9.17) is 10.5 Å². The van der Waals surface area contributed by atoms with Gasteiger partial charge in [0.1, 0.15) is 5.00 Å². The smallest absolute Gasteiger partial charge is 0.177 e. The van der Waals surface area contributed by atoms with Gasteiger partial charge in [0.25, 0.3) is 0 Å². The van der Waals surface area contributed by atoms with Crippen molar-refractivity contribution in [3.63, 3.8) is 0 Å². The highest BCUT2D eigenvalue weighted by molar-refractivity contribution is 7.19. The third-order valence-electron chi connectivity index (χ3n) is 3.01. The third-order valence-corrected chi connectivity index (χ3v) is 4.17. The summed E-state index contributed by atoms with van der Waals surface area (Å²) in [5.74, 6) is 1.26. The number of ketones is 1. The van der Waals surface area contributed by atoms with E-state index in [-0.39, 0.29) is 17.8 Å². The first-order chi connectivity index (χ1) is 9.73. The van der Waals surface area contributed by atoms with Gasteiger partial charge in [-0.15, -0.1) is 11.3 Å². The molecule has 4 nitrogen and oxygen atoms in total. The van der Waals surface area contributed by atoms with Crippen LogP contribution in [0.5, 0.6) is 5.75 Å². The van der Waals surface area contributed by atoms with E-state index in [1.54, 1.807) is 0 Å². The number of nitrogens with two attached hydrogens (primary N) is 1. The highest BCUT2D eigenvalue weighted by atomic mass is 32.1. The van der Waals surface area contributed by atoms with Crippen molar-refractivity contribution in [2.75, 3.05) is 17.6 Å². The van der Waals surface area contributed by atoms with Gasteiger partial charge in [0.05, 0.1) is 16.7 Å². The van der Waals surface area contributed by atoms with Crippen LogP contribution in [0.4, 0.5) is 10.7 Å². The second-order valence-corrected chi connectivity index (χ2v) is 7.32. The summed E-state index contributed by atoms with van der Waals surface area (Å²) in [7, 11) is 0. The lowest BCUT2D eigenvalue weighted by Crippen LogP contribution is -2.11. The zero-order chi connectivity index (χ0) is 16.2. The summed E-state index contributed by atoms with van der Waals surface area (Å²) < 4.78 is 5.81. The molecule has 0 saturated heterocycles. The molecule has 0 saturated carbocycles. The number of carbonyl (C=O) groups is 1. The average molecular weight is 312 g/mol. The maximum absolute atomic E-state index is 12.2. The molecule has 5 heteroatoms. The van der Waals surface area contributed by atoms with Crippen molar-refractivity contribution >= 4 is 27.8 Å². The fraction of sp³-hybridized carbons (Fsp3) is 0.688. The predicted octanol–water partition coefficient (Wildman–Crippen LogP) is 4.41. The number of carbonyl (C=O) groups excluding carboxylic acids is 1. The van der Waals surface area contributed by atoms with Gasteiger partial charge in [0.2, 0.25) is 0 Å². The lowest BCUT2D eigenvalue weighted by atomic mass is 10.1. The van der Waals surface area contributed by atoms with E-state index in [1.807, 2.05) is 27.7 Å². The number of hydrogen-bond acceptors (Lipinski definition) is 5. The molecular weight excluding hydrogens is 284 g/mol. The molecule has 1 aromatic heterocycles. The van der Waals surface area contributed by atoms with Gasteiger partial charge in [-0.05, 0) is 26.2 Å². The van der Waals surface area contributed by atoms with E-state index in [1.165, 1.54) is 11.3 Å². The van der Waals surface area contributed by atoms with Gasteiger partial charge in [-0.2, -0.15) is 0 Å². The van der Waals surface area contributed by atoms with Crippen molar-refractivity contribution in [1.82, 2.24) is 0 Å². The van der Waals surface area contributed by atoms with Crippen LogP contribution in [0, 0.1) is 11.8 Å². The van der Waals surface area contributed by atoms with Crippen LogP contribution in [-0.2, 0) is 0 Å².